The van der Waals surface area contributed by atoms with E-state index in [1.54, 1.807) is 12.1 Å². The Kier molecular flexibility index (Phi) is 9.81. The van der Waals surface area contributed by atoms with Crippen molar-refractivity contribution in [3.63, 3.8) is 0 Å². The Morgan fingerprint density at radius 1 is 0.976 bits per heavy atom. The third-order valence-corrected chi connectivity index (χ3v) is 7.53. The molecule has 0 spiro atoms. The molecule has 2 fully saturated rings. The van der Waals surface area contributed by atoms with Gasteiger partial charge in [-0.05, 0) is 64.2 Å². The zero-order valence-corrected chi connectivity index (χ0v) is 25.5. The van der Waals surface area contributed by atoms with E-state index in [1.807, 2.05) is 43.9 Å². The van der Waals surface area contributed by atoms with E-state index in [4.69, 9.17) is 16.3 Å². The fourth-order valence-corrected chi connectivity index (χ4v) is 5.27. The molecule has 0 aliphatic carbocycles. The molecule has 2 saturated heterocycles. The Hall–Kier alpha value is -3.30. The van der Waals surface area contributed by atoms with E-state index >= 15 is 0 Å². The average Bonchev–Trinajstić information content (AvgIpc) is 2.87. The highest BCUT2D eigenvalue weighted by Crippen LogP contribution is 2.24. The number of para-hydroxylation sites is 1. The lowest BCUT2D eigenvalue weighted by atomic mass is 9.98. The van der Waals surface area contributed by atoms with E-state index in [0.29, 0.717) is 37.6 Å². The van der Waals surface area contributed by atoms with Crippen LogP contribution in [0.25, 0.3) is 0 Å². The zero-order valence-electron chi connectivity index (χ0n) is 24.7. The minimum absolute atomic E-state index is 0.0992. The summed E-state index contributed by atoms with van der Waals surface area (Å²) in [5, 5.41) is 3.61. The number of hydrogen-bond acceptors (Lipinski definition) is 6. The highest BCUT2D eigenvalue weighted by Gasteiger charge is 2.39. The molecule has 0 saturated carbocycles. The van der Waals surface area contributed by atoms with Crippen molar-refractivity contribution in [3.8, 4) is 0 Å². The number of nitrogens with zero attached hydrogens (tertiary/aromatic N) is 4. The quantitative estimate of drug-likeness (QED) is 0.511. The standard InChI is InChI=1S/C31H42ClN5O4/c1-31(2,3)41-30(40)37-20-24(21-37)28(38)33-26(18-22-10-12-25(32)13-11-22)29(39)36-16-14-35(15-17-36)27-9-7-6-8-23(27)19-34(4)5/h6-13,24,26H,14-21H2,1-5H3,(H,33,38)/t26-/m0/s1. The van der Waals surface area contributed by atoms with Crippen molar-refractivity contribution in [1.29, 1.82) is 0 Å². The summed E-state index contributed by atoms with van der Waals surface area (Å²) in [5.74, 6) is -0.709. The summed E-state index contributed by atoms with van der Waals surface area (Å²) in [6, 6.07) is 15.0. The minimum atomic E-state index is -0.716. The van der Waals surface area contributed by atoms with Crippen LogP contribution in [-0.4, -0.2) is 97.6 Å². The molecule has 1 atom stereocenters. The third-order valence-electron chi connectivity index (χ3n) is 7.28. The number of nitrogens with one attached hydrogen (secondary N) is 1. The normalized spacial score (nSPS) is 16.8. The molecule has 1 N–H and O–H groups in total. The average molecular weight is 584 g/mol. The molecule has 0 bridgehead atoms. The van der Waals surface area contributed by atoms with Gasteiger partial charge in [-0.25, -0.2) is 4.79 Å². The van der Waals surface area contributed by atoms with Gasteiger partial charge >= 0.3 is 6.09 Å². The molecule has 2 aliphatic rings. The molecule has 2 aliphatic heterocycles. The van der Waals surface area contributed by atoms with Gasteiger partial charge in [0.2, 0.25) is 11.8 Å². The van der Waals surface area contributed by atoms with Crippen molar-refractivity contribution in [3.05, 3.63) is 64.7 Å². The Labute approximate surface area is 248 Å². The molecule has 2 heterocycles. The molecule has 0 radical (unpaired) electrons. The predicted molar refractivity (Wildman–Crippen MR) is 161 cm³/mol. The van der Waals surface area contributed by atoms with E-state index < -0.39 is 17.7 Å². The van der Waals surface area contributed by atoms with Gasteiger partial charge in [0, 0.05) is 62.9 Å². The second kappa shape index (κ2) is 13.1. The number of carbonyl (C=O) groups is 3. The number of hydrogen-bond donors (Lipinski definition) is 1. The maximum Gasteiger partial charge on any atom is 0.410 e. The maximum absolute atomic E-state index is 13.8. The molecular weight excluding hydrogens is 542 g/mol. The van der Waals surface area contributed by atoms with Gasteiger partial charge in [-0.2, -0.15) is 0 Å². The maximum atomic E-state index is 13.8. The van der Waals surface area contributed by atoms with E-state index in [2.05, 4.69) is 47.4 Å². The van der Waals surface area contributed by atoms with Gasteiger partial charge in [-0.15, -0.1) is 0 Å². The smallest absolute Gasteiger partial charge is 0.410 e. The first-order valence-electron chi connectivity index (χ1n) is 14.2. The van der Waals surface area contributed by atoms with E-state index in [0.717, 1.165) is 12.1 Å². The van der Waals surface area contributed by atoms with Crippen LogP contribution in [0.2, 0.25) is 5.02 Å². The largest absolute Gasteiger partial charge is 0.444 e. The van der Waals surface area contributed by atoms with Crippen LogP contribution in [0.1, 0.15) is 31.9 Å². The number of ether oxygens (including phenoxy) is 1. The molecule has 9 nitrogen and oxygen atoms in total. The summed E-state index contributed by atoms with van der Waals surface area (Å²) in [7, 11) is 4.11. The van der Waals surface area contributed by atoms with Crippen LogP contribution < -0.4 is 10.2 Å². The van der Waals surface area contributed by atoms with Crippen LogP contribution >= 0.6 is 11.6 Å². The molecule has 2 aromatic carbocycles. The van der Waals surface area contributed by atoms with Gasteiger partial charge in [-0.1, -0.05) is 41.9 Å². The number of benzene rings is 2. The summed E-state index contributed by atoms with van der Waals surface area (Å²) < 4.78 is 5.40. The molecular formula is C31H42ClN5O4. The lowest BCUT2D eigenvalue weighted by Crippen LogP contribution is -2.60. The van der Waals surface area contributed by atoms with Gasteiger partial charge in [0.05, 0.1) is 5.92 Å². The molecule has 2 aromatic rings. The summed E-state index contributed by atoms with van der Waals surface area (Å²) >= 11 is 6.07. The van der Waals surface area contributed by atoms with Crippen molar-refractivity contribution in [2.24, 2.45) is 5.92 Å². The van der Waals surface area contributed by atoms with E-state index in [1.165, 1.54) is 16.2 Å². The van der Waals surface area contributed by atoms with Crippen molar-refractivity contribution in [2.45, 2.75) is 45.4 Å². The van der Waals surface area contributed by atoms with Gasteiger partial charge in [0.25, 0.3) is 0 Å². The van der Waals surface area contributed by atoms with Gasteiger partial charge in [-0.3, -0.25) is 9.59 Å². The van der Waals surface area contributed by atoms with Crippen LogP contribution in [0, 0.1) is 5.92 Å². The van der Waals surface area contributed by atoms with E-state index in [-0.39, 0.29) is 30.8 Å². The van der Waals surface area contributed by atoms with Crippen LogP contribution in [0.4, 0.5) is 10.5 Å². The summed E-state index contributed by atoms with van der Waals surface area (Å²) in [6.45, 7) is 9.38. The van der Waals surface area contributed by atoms with Crippen LogP contribution in [0.15, 0.2) is 48.5 Å². The highest BCUT2D eigenvalue weighted by molar-refractivity contribution is 6.30. The second-order valence-electron chi connectivity index (χ2n) is 12.2. The number of rotatable bonds is 8. The topological polar surface area (TPSA) is 85.4 Å². The fraction of sp³-hybridized carbons (Fsp3) is 0.516. The van der Waals surface area contributed by atoms with E-state index in [9.17, 15) is 14.4 Å². The Balaban J connectivity index is 1.40. The van der Waals surface area contributed by atoms with Crippen molar-refractivity contribution in [1.82, 2.24) is 20.0 Å². The van der Waals surface area contributed by atoms with Crippen LogP contribution in [0.3, 0.4) is 0 Å². The zero-order chi connectivity index (χ0) is 29.7. The van der Waals surface area contributed by atoms with Crippen LogP contribution in [0.5, 0.6) is 0 Å². The number of halogens is 1. The molecule has 222 valence electrons. The lowest BCUT2D eigenvalue weighted by molar-refractivity contribution is -0.139. The third kappa shape index (κ3) is 8.36. The SMILES string of the molecule is CN(C)Cc1ccccc1N1CCN(C(=O)[C@H](Cc2ccc(Cl)cc2)NC(=O)C2CN(C(=O)OC(C)(C)C)C2)CC1. The first-order valence-corrected chi connectivity index (χ1v) is 14.6. The molecule has 0 unspecified atom stereocenters. The first kappa shape index (κ1) is 30.7. The summed E-state index contributed by atoms with van der Waals surface area (Å²) in [5.41, 5.74) is 2.76. The van der Waals surface area contributed by atoms with Crippen molar-refractivity contribution >= 4 is 35.2 Å². The minimum Gasteiger partial charge on any atom is -0.444 e. The summed E-state index contributed by atoms with van der Waals surface area (Å²) in [6.07, 6.45) is -0.0729. The number of anilines is 1. The lowest BCUT2D eigenvalue weighted by Gasteiger charge is -2.40. The summed E-state index contributed by atoms with van der Waals surface area (Å²) in [4.78, 5) is 47.1. The van der Waals surface area contributed by atoms with Gasteiger partial charge in [0.15, 0.2) is 0 Å². The fourth-order valence-electron chi connectivity index (χ4n) is 5.15. The Morgan fingerprint density at radius 2 is 1.61 bits per heavy atom. The molecule has 0 aromatic heterocycles. The molecule has 3 amide bonds. The first-order chi connectivity index (χ1) is 19.4. The highest BCUT2D eigenvalue weighted by atomic mass is 35.5. The molecule has 41 heavy (non-hydrogen) atoms. The Morgan fingerprint density at radius 3 is 2.22 bits per heavy atom. The number of likely N-dealkylation sites (tertiary alicyclic amines) is 1. The molecule has 4 rings (SSSR count). The number of amides is 3. The number of carbonyl (C=O) groups excluding carboxylic acids is 3. The van der Waals surface area contributed by atoms with Crippen molar-refractivity contribution in [2.75, 3.05) is 58.3 Å². The predicted octanol–water partition coefficient (Wildman–Crippen LogP) is 3.64. The Bertz CT molecular complexity index is 1220. The monoisotopic (exact) mass is 583 g/mol. The number of piperazine rings is 1. The van der Waals surface area contributed by atoms with Crippen LogP contribution in [-0.2, 0) is 27.3 Å². The van der Waals surface area contributed by atoms with Crippen molar-refractivity contribution < 1.29 is 19.1 Å². The van der Waals surface area contributed by atoms with Gasteiger partial charge < -0.3 is 29.7 Å². The molecule has 10 heteroatoms. The van der Waals surface area contributed by atoms with Gasteiger partial charge in [0.1, 0.15) is 11.6 Å². The second-order valence-corrected chi connectivity index (χ2v) is 12.6.